The van der Waals surface area contributed by atoms with Crippen molar-refractivity contribution in [3.63, 3.8) is 0 Å². The van der Waals surface area contributed by atoms with Gasteiger partial charge in [0.25, 0.3) is 0 Å². The van der Waals surface area contributed by atoms with Crippen molar-refractivity contribution in [3.8, 4) is 0 Å². The molecule has 104 valence electrons. The van der Waals surface area contributed by atoms with Crippen LogP contribution in [0.3, 0.4) is 0 Å². The fourth-order valence-corrected chi connectivity index (χ4v) is 7.38. The first-order valence-corrected chi connectivity index (χ1v) is 8.64. The molecule has 1 aromatic heterocycles. The molecule has 4 aliphatic rings. The second-order valence-corrected chi connectivity index (χ2v) is 9.31. The van der Waals surface area contributed by atoms with Gasteiger partial charge < -0.3 is 5.73 Å². The standard InChI is InChI=1S/C17H25NS/c1-15-5-12-6-16(2,9-15)11-17(7-12,10-15)14(18)13-3-4-19-8-13/h3-4,8,12,14H,5-7,9-11,18H2,1-2H3. The molecule has 19 heavy (non-hydrogen) atoms. The van der Waals surface area contributed by atoms with Gasteiger partial charge in [-0.15, -0.1) is 0 Å². The summed E-state index contributed by atoms with van der Waals surface area (Å²) in [4.78, 5) is 0. The van der Waals surface area contributed by atoms with Gasteiger partial charge in [0.1, 0.15) is 0 Å². The van der Waals surface area contributed by atoms with E-state index in [0.717, 1.165) is 5.92 Å². The van der Waals surface area contributed by atoms with E-state index < -0.39 is 0 Å². The molecular weight excluding hydrogens is 250 g/mol. The van der Waals surface area contributed by atoms with Gasteiger partial charge in [-0.2, -0.15) is 11.3 Å². The molecule has 3 unspecified atom stereocenters. The zero-order chi connectivity index (χ0) is 13.3. The van der Waals surface area contributed by atoms with Crippen LogP contribution in [0.5, 0.6) is 0 Å². The van der Waals surface area contributed by atoms with E-state index in [-0.39, 0.29) is 6.04 Å². The van der Waals surface area contributed by atoms with Crippen molar-refractivity contribution in [2.75, 3.05) is 0 Å². The van der Waals surface area contributed by atoms with Crippen LogP contribution in [-0.2, 0) is 0 Å². The molecule has 0 radical (unpaired) electrons. The Balaban J connectivity index is 1.75. The molecule has 2 N–H and O–H groups in total. The Kier molecular flexibility index (Phi) is 2.38. The van der Waals surface area contributed by atoms with Gasteiger partial charge in [-0.3, -0.25) is 0 Å². The molecule has 4 aliphatic carbocycles. The molecule has 0 aliphatic heterocycles. The largest absolute Gasteiger partial charge is 0.323 e. The van der Waals surface area contributed by atoms with Gasteiger partial charge in [0.15, 0.2) is 0 Å². The summed E-state index contributed by atoms with van der Waals surface area (Å²) in [6.45, 7) is 5.07. The number of thiophene rings is 1. The minimum atomic E-state index is 0.265. The highest BCUT2D eigenvalue weighted by molar-refractivity contribution is 7.07. The normalized spacial score (nSPS) is 49.5. The molecule has 4 saturated carbocycles. The van der Waals surface area contributed by atoms with Crippen molar-refractivity contribution in [3.05, 3.63) is 22.4 Å². The molecule has 0 aromatic carbocycles. The number of hydrogen-bond donors (Lipinski definition) is 1. The maximum Gasteiger partial charge on any atom is 0.0360 e. The summed E-state index contributed by atoms with van der Waals surface area (Å²) in [6.07, 6.45) is 8.47. The van der Waals surface area contributed by atoms with Crippen LogP contribution in [0.25, 0.3) is 0 Å². The maximum atomic E-state index is 6.76. The van der Waals surface area contributed by atoms with E-state index in [1.165, 1.54) is 44.1 Å². The second kappa shape index (κ2) is 3.65. The van der Waals surface area contributed by atoms with Gasteiger partial charge in [0.05, 0.1) is 0 Å². The smallest absolute Gasteiger partial charge is 0.0360 e. The molecule has 4 bridgehead atoms. The molecule has 1 heterocycles. The molecule has 1 aromatic rings. The lowest BCUT2D eigenvalue weighted by molar-refractivity contribution is -0.154. The highest BCUT2D eigenvalue weighted by atomic mass is 32.1. The summed E-state index contributed by atoms with van der Waals surface area (Å²) in [6, 6.07) is 2.51. The van der Waals surface area contributed by atoms with Crippen molar-refractivity contribution in [1.29, 1.82) is 0 Å². The van der Waals surface area contributed by atoms with Crippen molar-refractivity contribution >= 4 is 11.3 Å². The molecule has 5 rings (SSSR count). The highest BCUT2D eigenvalue weighted by Gasteiger charge is 2.61. The van der Waals surface area contributed by atoms with Crippen LogP contribution in [-0.4, -0.2) is 0 Å². The molecule has 0 spiro atoms. The lowest BCUT2D eigenvalue weighted by atomic mass is 9.39. The van der Waals surface area contributed by atoms with Gasteiger partial charge in [0.2, 0.25) is 0 Å². The van der Waals surface area contributed by atoms with Crippen molar-refractivity contribution in [1.82, 2.24) is 0 Å². The lowest BCUT2D eigenvalue weighted by Crippen LogP contribution is -2.58. The predicted molar refractivity (Wildman–Crippen MR) is 81.1 cm³/mol. The molecule has 1 nitrogen and oxygen atoms in total. The highest BCUT2D eigenvalue weighted by Crippen LogP contribution is 2.71. The van der Waals surface area contributed by atoms with E-state index in [1.54, 1.807) is 11.3 Å². The molecule has 0 saturated heterocycles. The van der Waals surface area contributed by atoms with Crippen LogP contribution in [0.4, 0.5) is 0 Å². The van der Waals surface area contributed by atoms with Crippen LogP contribution in [0.1, 0.15) is 64.0 Å². The first-order chi connectivity index (χ1) is 8.92. The average molecular weight is 275 g/mol. The minimum Gasteiger partial charge on any atom is -0.323 e. The third-order valence-electron chi connectivity index (χ3n) is 6.23. The Morgan fingerprint density at radius 2 is 1.84 bits per heavy atom. The van der Waals surface area contributed by atoms with E-state index in [0.29, 0.717) is 16.2 Å². The molecular formula is C17H25NS. The summed E-state index contributed by atoms with van der Waals surface area (Å²) in [7, 11) is 0. The summed E-state index contributed by atoms with van der Waals surface area (Å²) < 4.78 is 0. The van der Waals surface area contributed by atoms with E-state index in [1.807, 2.05) is 0 Å². The number of hydrogen-bond acceptors (Lipinski definition) is 2. The Bertz CT molecular complexity index is 473. The Morgan fingerprint density at radius 3 is 2.37 bits per heavy atom. The third-order valence-corrected chi connectivity index (χ3v) is 6.93. The maximum absolute atomic E-state index is 6.76. The van der Waals surface area contributed by atoms with Crippen LogP contribution in [0.2, 0.25) is 0 Å². The summed E-state index contributed by atoms with van der Waals surface area (Å²) in [5, 5.41) is 4.45. The molecule has 2 heteroatoms. The average Bonchev–Trinajstić information content (AvgIpc) is 2.75. The monoisotopic (exact) mass is 275 g/mol. The Labute approximate surface area is 120 Å². The third kappa shape index (κ3) is 1.76. The fourth-order valence-electron chi connectivity index (χ4n) is 6.69. The van der Waals surface area contributed by atoms with Crippen LogP contribution >= 0.6 is 11.3 Å². The van der Waals surface area contributed by atoms with Crippen LogP contribution in [0, 0.1) is 22.2 Å². The Hall–Kier alpha value is -0.340. The van der Waals surface area contributed by atoms with Crippen LogP contribution < -0.4 is 5.73 Å². The van der Waals surface area contributed by atoms with Crippen molar-refractivity contribution in [2.24, 2.45) is 27.9 Å². The quantitative estimate of drug-likeness (QED) is 0.828. The van der Waals surface area contributed by atoms with Crippen LogP contribution in [0.15, 0.2) is 16.8 Å². The van der Waals surface area contributed by atoms with Crippen molar-refractivity contribution < 1.29 is 0 Å². The number of rotatable bonds is 2. The molecule has 0 amide bonds. The van der Waals surface area contributed by atoms with Gasteiger partial charge in [-0.1, -0.05) is 13.8 Å². The second-order valence-electron chi connectivity index (χ2n) is 8.53. The van der Waals surface area contributed by atoms with Gasteiger partial charge >= 0.3 is 0 Å². The summed E-state index contributed by atoms with van der Waals surface area (Å²) >= 11 is 1.79. The van der Waals surface area contributed by atoms with Gasteiger partial charge in [-0.05, 0) is 83.1 Å². The predicted octanol–water partition coefficient (Wildman–Crippen LogP) is 4.74. The first kappa shape index (κ1) is 12.4. The SMILES string of the molecule is CC12CC3CC(C)(C1)CC(C(N)c1ccsc1)(C3)C2. The lowest BCUT2D eigenvalue weighted by Gasteiger charge is -2.66. The van der Waals surface area contributed by atoms with E-state index >= 15 is 0 Å². The first-order valence-electron chi connectivity index (χ1n) is 7.70. The van der Waals surface area contributed by atoms with E-state index in [9.17, 15) is 0 Å². The summed E-state index contributed by atoms with van der Waals surface area (Å²) in [5.41, 5.74) is 9.69. The van der Waals surface area contributed by atoms with E-state index in [4.69, 9.17) is 5.73 Å². The van der Waals surface area contributed by atoms with Gasteiger partial charge in [0, 0.05) is 6.04 Å². The minimum absolute atomic E-state index is 0.265. The Morgan fingerprint density at radius 1 is 1.16 bits per heavy atom. The molecule has 4 fully saturated rings. The zero-order valence-corrected chi connectivity index (χ0v) is 12.9. The van der Waals surface area contributed by atoms with E-state index in [2.05, 4.69) is 30.7 Å². The molecule has 3 atom stereocenters. The zero-order valence-electron chi connectivity index (χ0n) is 12.1. The van der Waals surface area contributed by atoms with Crippen molar-refractivity contribution in [2.45, 2.75) is 58.4 Å². The fraction of sp³-hybridized carbons (Fsp3) is 0.765. The number of nitrogens with two attached hydrogens (primary N) is 1. The topological polar surface area (TPSA) is 26.0 Å². The van der Waals surface area contributed by atoms with Gasteiger partial charge in [-0.25, -0.2) is 0 Å². The summed E-state index contributed by atoms with van der Waals surface area (Å²) in [5.74, 6) is 0.941.